The van der Waals surface area contributed by atoms with Crippen molar-refractivity contribution in [2.24, 2.45) is 0 Å². The van der Waals surface area contributed by atoms with E-state index in [0.717, 1.165) is 28.6 Å². The molecule has 5 nitrogen and oxygen atoms in total. The smallest absolute Gasteiger partial charge is 0.294 e. The number of halogens is 3. The maximum Gasteiger partial charge on any atom is 0.294 e. The van der Waals surface area contributed by atoms with Gasteiger partial charge in [0.1, 0.15) is 4.60 Å². The largest absolute Gasteiger partial charge is 0.383 e. The quantitative estimate of drug-likeness (QED) is 0.608. The lowest BCUT2D eigenvalue weighted by Crippen LogP contribution is -2.33. The average molecular weight is 492 g/mol. The molecule has 0 amide bonds. The molecule has 0 fully saturated rings. The monoisotopic (exact) mass is 489 g/mol. The van der Waals surface area contributed by atoms with Crippen LogP contribution in [0, 0.1) is 0 Å². The van der Waals surface area contributed by atoms with Gasteiger partial charge in [-0.2, -0.15) is 0 Å². The Hall–Kier alpha value is -0.890. The normalized spacial score (nSPS) is 14.7. The van der Waals surface area contributed by atoms with Crippen LogP contribution in [0.5, 0.6) is 0 Å². The molecule has 0 aliphatic carbocycles. The van der Waals surface area contributed by atoms with E-state index in [2.05, 4.69) is 36.8 Å². The van der Waals surface area contributed by atoms with Crippen LogP contribution in [0.25, 0.3) is 0 Å². The zero-order valence-corrected chi connectivity index (χ0v) is 17.9. The third-order valence-electron chi connectivity index (χ3n) is 4.35. The van der Waals surface area contributed by atoms with Crippen molar-refractivity contribution in [1.82, 2.24) is 9.55 Å². The number of anilines is 2. The molecule has 2 heterocycles. The van der Waals surface area contributed by atoms with Gasteiger partial charge in [0.25, 0.3) is 5.56 Å². The molecule has 1 aromatic heterocycles. The third-order valence-corrected chi connectivity index (χ3v) is 5.47. The fourth-order valence-corrected chi connectivity index (χ4v) is 4.54. The maximum absolute atomic E-state index is 13.1. The number of hydrogen-bond acceptors (Lipinski definition) is 4. The zero-order valence-electron chi connectivity index (χ0n) is 13.9. The first-order chi connectivity index (χ1) is 12.0. The van der Waals surface area contributed by atoms with Crippen molar-refractivity contribution >= 4 is 55.0 Å². The molecule has 0 spiro atoms. The standard InChI is InChI=1S/C17H18Br2ClN3O2/c1-3-12(9-25-2)23-8-14(19)21-16(17(23)24)22-5-4-10-6-11(18)7-13(20)15(10)22/h6-8,12H,3-5,9H2,1-2H3/t12-/m1/s1. The van der Waals surface area contributed by atoms with Gasteiger partial charge in [0, 0.05) is 24.3 Å². The van der Waals surface area contributed by atoms with Gasteiger partial charge in [-0.05, 0) is 46.5 Å². The van der Waals surface area contributed by atoms with E-state index in [-0.39, 0.29) is 11.6 Å². The van der Waals surface area contributed by atoms with Crippen molar-refractivity contribution in [2.45, 2.75) is 25.8 Å². The van der Waals surface area contributed by atoms with Gasteiger partial charge in [0.15, 0.2) is 0 Å². The van der Waals surface area contributed by atoms with E-state index in [9.17, 15) is 4.79 Å². The highest BCUT2D eigenvalue weighted by Crippen LogP contribution is 2.40. The van der Waals surface area contributed by atoms with Gasteiger partial charge in [0.2, 0.25) is 5.82 Å². The molecule has 1 aliphatic heterocycles. The summed E-state index contributed by atoms with van der Waals surface area (Å²) in [5, 5.41) is 0.610. The van der Waals surface area contributed by atoms with Crippen molar-refractivity contribution < 1.29 is 4.74 Å². The van der Waals surface area contributed by atoms with Crippen molar-refractivity contribution in [3.8, 4) is 0 Å². The molecule has 2 aromatic rings. The molecule has 1 aliphatic rings. The summed E-state index contributed by atoms with van der Waals surface area (Å²) < 4.78 is 8.50. The van der Waals surface area contributed by atoms with Crippen LogP contribution < -0.4 is 10.5 Å². The Labute approximate surface area is 168 Å². The van der Waals surface area contributed by atoms with E-state index < -0.39 is 0 Å². The lowest BCUT2D eigenvalue weighted by molar-refractivity contribution is 0.151. The van der Waals surface area contributed by atoms with Gasteiger partial charge in [-0.25, -0.2) is 4.98 Å². The fraction of sp³-hybridized carbons (Fsp3) is 0.412. The number of hydrogen-bond donors (Lipinski definition) is 0. The van der Waals surface area contributed by atoms with Crippen LogP contribution in [-0.4, -0.2) is 29.8 Å². The molecule has 134 valence electrons. The summed E-state index contributed by atoms with van der Waals surface area (Å²) in [6.07, 6.45) is 3.32. The lowest BCUT2D eigenvalue weighted by Gasteiger charge is -2.23. The Morgan fingerprint density at radius 1 is 1.40 bits per heavy atom. The van der Waals surface area contributed by atoms with Gasteiger partial charge in [-0.15, -0.1) is 0 Å². The number of methoxy groups -OCH3 is 1. The number of fused-ring (bicyclic) bond motifs is 1. The second-order valence-electron chi connectivity index (χ2n) is 5.91. The minimum atomic E-state index is -0.140. The van der Waals surface area contributed by atoms with Crippen LogP contribution in [-0.2, 0) is 11.2 Å². The van der Waals surface area contributed by atoms with Crippen molar-refractivity contribution in [1.29, 1.82) is 0 Å². The third kappa shape index (κ3) is 3.65. The number of rotatable bonds is 5. The molecule has 0 N–H and O–H groups in total. The molecule has 1 aromatic carbocycles. The van der Waals surface area contributed by atoms with Crippen LogP contribution in [0.2, 0.25) is 5.02 Å². The van der Waals surface area contributed by atoms with Crippen LogP contribution in [0.3, 0.4) is 0 Å². The first-order valence-corrected chi connectivity index (χ1v) is 9.95. The molecule has 1 atom stereocenters. The Kier molecular flexibility index (Phi) is 5.88. The summed E-state index contributed by atoms with van der Waals surface area (Å²) in [5.41, 5.74) is 1.83. The van der Waals surface area contributed by atoms with E-state index in [1.165, 1.54) is 0 Å². The van der Waals surface area contributed by atoms with E-state index in [1.807, 2.05) is 24.0 Å². The summed E-state index contributed by atoms with van der Waals surface area (Å²) in [7, 11) is 1.64. The van der Waals surface area contributed by atoms with Gasteiger partial charge in [-0.1, -0.05) is 34.5 Å². The number of nitrogens with zero attached hydrogens (tertiary/aromatic N) is 3. The van der Waals surface area contributed by atoms with Gasteiger partial charge in [-0.3, -0.25) is 4.79 Å². The van der Waals surface area contributed by atoms with E-state index in [1.54, 1.807) is 17.9 Å². The fourth-order valence-electron chi connectivity index (χ4n) is 3.17. The molecule has 0 radical (unpaired) electrons. The van der Waals surface area contributed by atoms with Crippen molar-refractivity contribution in [3.05, 3.63) is 48.3 Å². The van der Waals surface area contributed by atoms with Gasteiger partial charge < -0.3 is 14.2 Å². The second-order valence-corrected chi connectivity index (χ2v) is 8.05. The summed E-state index contributed by atoms with van der Waals surface area (Å²) in [6, 6.07) is 3.84. The highest BCUT2D eigenvalue weighted by atomic mass is 79.9. The first kappa shape index (κ1) is 18.9. The van der Waals surface area contributed by atoms with Crippen LogP contribution in [0.15, 0.2) is 32.2 Å². The Balaban J connectivity index is 2.12. The predicted octanol–water partition coefficient (Wildman–Crippen LogP) is 4.71. The second kappa shape index (κ2) is 7.78. The van der Waals surface area contributed by atoms with Gasteiger partial charge in [0.05, 0.1) is 23.4 Å². The predicted molar refractivity (Wildman–Crippen MR) is 107 cm³/mol. The van der Waals surface area contributed by atoms with E-state index in [4.69, 9.17) is 16.3 Å². The molecular formula is C17H18Br2ClN3O2. The Morgan fingerprint density at radius 2 is 2.16 bits per heavy atom. The topological polar surface area (TPSA) is 47.4 Å². The van der Waals surface area contributed by atoms with Gasteiger partial charge >= 0.3 is 0 Å². The summed E-state index contributed by atoms with van der Waals surface area (Å²) in [4.78, 5) is 19.5. The molecule has 0 unspecified atom stereocenters. The minimum absolute atomic E-state index is 0.0435. The highest BCUT2D eigenvalue weighted by Gasteiger charge is 2.28. The average Bonchev–Trinajstić information content (AvgIpc) is 2.98. The van der Waals surface area contributed by atoms with E-state index >= 15 is 0 Å². The molecule has 0 bridgehead atoms. The van der Waals surface area contributed by atoms with Crippen molar-refractivity contribution in [2.75, 3.05) is 25.2 Å². The molecule has 8 heteroatoms. The molecule has 0 saturated heterocycles. The number of benzene rings is 1. The maximum atomic E-state index is 13.1. The first-order valence-electron chi connectivity index (χ1n) is 7.99. The molecule has 0 saturated carbocycles. The van der Waals surface area contributed by atoms with E-state index in [0.29, 0.717) is 28.6 Å². The lowest BCUT2D eigenvalue weighted by atomic mass is 10.2. The van der Waals surface area contributed by atoms with Crippen molar-refractivity contribution in [3.63, 3.8) is 0 Å². The SMILES string of the molecule is CC[C@H](COC)n1cc(Br)nc(N2CCc3cc(Br)cc(Cl)c32)c1=O. The van der Waals surface area contributed by atoms with Crippen LogP contribution >= 0.6 is 43.5 Å². The molecular weight excluding hydrogens is 473 g/mol. The Bertz CT molecular complexity index is 857. The minimum Gasteiger partial charge on any atom is -0.383 e. The summed E-state index contributed by atoms with van der Waals surface area (Å²) >= 11 is 13.4. The summed E-state index contributed by atoms with van der Waals surface area (Å²) in [5.74, 6) is 0.381. The molecule has 3 rings (SSSR count). The van der Waals surface area contributed by atoms with Crippen LogP contribution in [0.4, 0.5) is 11.5 Å². The highest BCUT2D eigenvalue weighted by molar-refractivity contribution is 9.10. The number of aromatic nitrogens is 2. The summed E-state index contributed by atoms with van der Waals surface area (Å²) in [6.45, 7) is 3.17. The Morgan fingerprint density at radius 3 is 2.84 bits per heavy atom. The van der Waals surface area contributed by atoms with Crippen LogP contribution in [0.1, 0.15) is 24.9 Å². The zero-order chi connectivity index (χ0) is 18.1. The number of ether oxygens (including phenoxy) is 1. The molecule has 25 heavy (non-hydrogen) atoms.